The fraction of sp³-hybridized carbons (Fsp3) is 0.857. The summed E-state index contributed by atoms with van der Waals surface area (Å²) in [5.74, 6) is 0.132. The Bertz CT molecular complexity index is 366. The Balaban J connectivity index is 2.51. The van der Waals surface area contributed by atoms with Crippen LogP contribution in [-0.2, 0) is 4.79 Å². The van der Waals surface area contributed by atoms with E-state index in [9.17, 15) is 15.2 Å². The number of carbonyl (C=O) groups excluding carboxylic acids is 1. The zero-order chi connectivity index (χ0) is 14.7. The molecule has 0 aromatic heterocycles. The minimum absolute atomic E-state index is 0.151. The minimum atomic E-state index is -0.828. The molecule has 0 aromatic rings. The molecule has 1 aliphatic rings. The second-order valence-corrected chi connectivity index (χ2v) is 6.25. The van der Waals surface area contributed by atoms with Gasteiger partial charge in [0.1, 0.15) is 5.54 Å². The summed E-state index contributed by atoms with van der Waals surface area (Å²) in [5, 5.41) is 21.8. The van der Waals surface area contributed by atoms with Gasteiger partial charge in [0, 0.05) is 6.54 Å². The first-order chi connectivity index (χ1) is 8.70. The molecule has 5 nitrogen and oxygen atoms in total. The lowest BCUT2D eigenvalue weighted by molar-refractivity contribution is -0.124. The van der Waals surface area contributed by atoms with Gasteiger partial charge in [-0.25, -0.2) is 0 Å². The van der Waals surface area contributed by atoms with E-state index in [2.05, 4.69) is 11.4 Å². The van der Waals surface area contributed by atoms with Gasteiger partial charge in [-0.3, -0.25) is 9.69 Å². The maximum atomic E-state index is 12.0. The smallest absolute Gasteiger partial charge is 0.235 e. The average Bonchev–Trinajstić information content (AvgIpc) is 3.09. The molecule has 5 heteroatoms. The topological polar surface area (TPSA) is 76.4 Å². The van der Waals surface area contributed by atoms with E-state index in [1.54, 1.807) is 20.8 Å². The monoisotopic (exact) mass is 267 g/mol. The average molecular weight is 267 g/mol. The number of nitrogens with one attached hydrogen (secondary N) is 1. The Morgan fingerprint density at radius 1 is 1.47 bits per heavy atom. The molecule has 1 amide bonds. The summed E-state index contributed by atoms with van der Waals surface area (Å²) in [6.07, 6.45) is 2.01. The van der Waals surface area contributed by atoms with Gasteiger partial charge in [-0.15, -0.1) is 0 Å². The maximum absolute atomic E-state index is 12.0. The number of carbonyl (C=O) groups is 1. The molecule has 0 saturated heterocycles. The van der Waals surface area contributed by atoms with Crippen LogP contribution in [0.5, 0.6) is 0 Å². The molecule has 2 N–H and O–H groups in total. The number of likely N-dealkylation sites (N-methyl/N-ethyl adjacent to an activating group) is 1. The number of rotatable bonds is 7. The van der Waals surface area contributed by atoms with Crippen molar-refractivity contribution in [1.29, 1.82) is 5.26 Å². The van der Waals surface area contributed by atoms with Gasteiger partial charge >= 0.3 is 0 Å². The number of nitrogens with zero attached hydrogens (tertiary/aromatic N) is 2. The first-order valence-corrected chi connectivity index (χ1v) is 6.87. The van der Waals surface area contributed by atoms with Crippen molar-refractivity contribution in [3.8, 4) is 6.07 Å². The van der Waals surface area contributed by atoms with Gasteiger partial charge in [-0.05, 0) is 46.1 Å². The van der Waals surface area contributed by atoms with E-state index in [-0.39, 0.29) is 18.4 Å². The van der Waals surface area contributed by atoms with Crippen molar-refractivity contribution in [2.24, 2.45) is 5.92 Å². The second-order valence-electron chi connectivity index (χ2n) is 6.25. The molecular weight excluding hydrogens is 242 g/mol. The molecule has 108 valence electrons. The highest BCUT2D eigenvalue weighted by Gasteiger charge is 2.43. The number of hydrogen-bond acceptors (Lipinski definition) is 4. The first kappa shape index (κ1) is 15.9. The van der Waals surface area contributed by atoms with Crippen molar-refractivity contribution < 1.29 is 9.90 Å². The van der Waals surface area contributed by atoms with Crippen molar-refractivity contribution in [1.82, 2.24) is 10.2 Å². The quantitative estimate of drug-likeness (QED) is 0.718. The lowest BCUT2D eigenvalue weighted by Crippen LogP contribution is -2.51. The molecule has 0 aliphatic heterocycles. The fourth-order valence-electron chi connectivity index (χ4n) is 2.24. The van der Waals surface area contributed by atoms with Crippen molar-refractivity contribution >= 4 is 5.91 Å². The summed E-state index contributed by atoms with van der Waals surface area (Å²) in [5.41, 5.74) is -1.57. The van der Waals surface area contributed by atoms with Crippen molar-refractivity contribution in [3.05, 3.63) is 0 Å². The van der Waals surface area contributed by atoms with Crippen LogP contribution in [0, 0.1) is 17.2 Å². The predicted octanol–water partition coefficient (Wildman–Crippen LogP) is 0.888. The summed E-state index contributed by atoms with van der Waals surface area (Å²) in [7, 11) is 0. The zero-order valence-electron chi connectivity index (χ0n) is 12.4. The van der Waals surface area contributed by atoms with Gasteiger partial charge in [0.15, 0.2) is 0 Å². The number of aliphatic hydroxyl groups is 1. The van der Waals surface area contributed by atoms with Gasteiger partial charge in [0.25, 0.3) is 0 Å². The van der Waals surface area contributed by atoms with Crippen LogP contribution in [0.1, 0.15) is 40.5 Å². The fourth-order valence-corrected chi connectivity index (χ4v) is 2.24. The second kappa shape index (κ2) is 5.89. The van der Waals surface area contributed by atoms with Crippen LogP contribution in [-0.4, -0.2) is 46.7 Å². The minimum Gasteiger partial charge on any atom is -0.389 e. The maximum Gasteiger partial charge on any atom is 0.235 e. The van der Waals surface area contributed by atoms with E-state index in [0.29, 0.717) is 13.1 Å². The highest BCUT2D eigenvalue weighted by Crippen LogP contribution is 2.39. The Kier molecular flexibility index (Phi) is 4.94. The highest BCUT2D eigenvalue weighted by atomic mass is 16.3. The number of hydrogen-bond donors (Lipinski definition) is 2. The summed E-state index contributed by atoms with van der Waals surface area (Å²) in [6.45, 7) is 8.50. The molecule has 1 fully saturated rings. The molecule has 19 heavy (non-hydrogen) atoms. The van der Waals surface area contributed by atoms with Crippen LogP contribution >= 0.6 is 0 Å². The third-order valence-corrected chi connectivity index (χ3v) is 3.45. The summed E-state index contributed by atoms with van der Waals surface area (Å²) >= 11 is 0. The van der Waals surface area contributed by atoms with Gasteiger partial charge in [0.05, 0.1) is 18.2 Å². The molecule has 1 unspecified atom stereocenters. The standard InChI is InChI=1S/C14H25N3O2/c1-5-17(10-13(2,3)19)8-12(18)16-14(4,9-15)11-6-7-11/h11,19H,5-8,10H2,1-4H3,(H,16,18). The van der Waals surface area contributed by atoms with E-state index in [4.69, 9.17) is 0 Å². The van der Waals surface area contributed by atoms with Crippen LogP contribution in [0.15, 0.2) is 0 Å². The van der Waals surface area contributed by atoms with Gasteiger partial charge < -0.3 is 10.4 Å². The third-order valence-electron chi connectivity index (χ3n) is 3.45. The number of amides is 1. The highest BCUT2D eigenvalue weighted by molar-refractivity contribution is 5.79. The van der Waals surface area contributed by atoms with Crippen molar-refractivity contribution in [2.45, 2.75) is 51.7 Å². The molecule has 0 heterocycles. The van der Waals surface area contributed by atoms with Crippen LogP contribution in [0.25, 0.3) is 0 Å². The van der Waals surface area contributed by atoms with E-state index in [1.165, 1.54) is 0 Å². The third kappa shape index (κ3) is 5.17. The molecule has 1 saturated carbocycles. The number of nitriles is 1. The Morgan fingerprint density at radius 3 is 2.42 bits per heavy atom. The molecule has 1 aliphatic carbocycles. The summed E-state index contributed by atoms with van der Waals surface area (Å²) < 4.78 is 0. The van der Waals surface area contributed by atoms with Gasteiger partial charge in [-0.1, -0.05) is 6.92 Å². The van der Waals surface area contributed by atoms with E-state index >= 15 is 0 Å². The summed E-state index contributed by atoms with van der Waals surface area (Å²) in [6, 6.07) is 2.21. The molecule has 0 radical (unpaired) electrons. The molecule has 1 rings (SSSR count). The SMILES string of the molecule is CCN(CC(=O)NC(C)(C#N)C1CC1)CC(C)(C)O. The van der Waals surface area contributed by atoms with Crippen LogP contribution < -0.4 is 5.32 Å². The van der Waals surface area contributed by atoms with E-state index in [0.717, 1.165) is 12.8 Å². The lowest BCUT2D eigenvalue weighted by atomic mass is 9.98. The van der Waals surface area contributed by atoms with Crippen LogP contribution in [0.3, 0.4) is 0 Å². The van der Waals surface area contributed by atoms with Crippen LogP contribution in [0.2, 0.25) is 0 Å². The molecule has 0 bridgehead atoms. The normalized spacial score (nSPS) is 18.8. The molecule has 1 atom stereocenters. The molecular formula is C14H25N3O2. The Hall–Kier alpha value is -1.12. The van der Waals surface area contributed by atoms with Gasteiger partial charge in [-0.2, -0.15) is 5.26 Å². The molecule has 0 aromatic carbocycles. The lowest BCUT2D eigenvalue weighted by Gasteiger charge is -2.29. The molecule has 0 spiro atoms. The Labute approximate surface area is 115 Å². The summed E-state index contributed by atoms with van der Waals surface area (Å²) in [4.78, 5) is 13.9. The van der Waals surface area contributed by atoms with Crippen molar-refractivity contribution in [2.75, 3.05) is 19.6 Å². The zero-order valence-corrected chi connectivity index (χ0v) is 12.4. The van der Waals surface area contributed by atoms with Gasteiger partial charge in [0.2, 0.25) is 5.91 Å². The van der Waals surface area contributed by atoms with E-state index in [1.807, 2.05) is 11.8 Å². The van der Waals surface area contributed by atoms with Crippen LogP contribution in [0.4, 0.5) is 0 Å². The largest absolute Gasteiger partial charge is 0.389 e. The van der Waals surface area contributed by atoms with E-state index < -0.39 is 11.1 Å². The Morgan fingerprint density at radius 2 is 2.05 bits per heavy atom. The first-order valence-electron chi connectivity index (χ1n) is 6.87. The predicted molar refractivity (Wildman–Crippen MR) is 73.3 cm³/mol. The van der Waals surface area contributed by atoms with Crippen molar-refractivity contribution in [3.63, 3.8) is 0 Å².